The molecule has 1 N–H and O–H groups in total. The molecule has 0 unspecified atom stereocenters. The molecule has 0 aromatic heterocycles. The number of rotatable bonds is 2. The molecule has 72 valence electrons. The number of carbonyl (C=O) groups is 2. The van der Waals surface area contributed by atoms with E-state index in [0.29, 0.717) is 13.0 Å². The summed E-state index contributed by atoms with van der Waals surface area (Å²) < 4.78 is 4.70. The second kappa shape index (κ2) is 4.07. The van der Waals surface area contributed by atoms with Crippen LogP contribution < -0.4 is 5.32 Å². The molecule has 1 saturated heterocycles. The molecule has 1 aliphatic rings. The van der Waals surface area contributed by atoms with Gasteiger partial charge in [0.05, 0.1) is 6.61 Å². The zero-order valence-corrected chi connectivity index (χ0v) is 7.79. The lowest BCUT2D eigenvalue weighted by atomic mass is 10.2. The Labute approximate surface area is 76.9 Å². The quantitative estimate of drug-likeness (QED) is 0.497. The molecule has 1 aliphatic heterocycles. The molecule has 1 rings (SSSR count). The van der Waals surface area contributed by atoms with E-state index in [9.17, 15) is 9.59 Å². The second-order valence-electron chi connectivity index (χ2n) is 3.24. The van der Waals surface area contributed by atoms with Crippen LogP contribution in [0.1, 0.15) is 20.3 Å². The van der Waals surface area contributed by atoms with Gasteiger partial charge in [-0.25, -0.2) is 4.79 Å². The summed E-state index contributed by atoms with van der Waals surface area (Å²) in [6, 6.07) is -0.455. The number of cyclic esters (lactones) is 1. The normalized spacial score (nSPS) is 20.8. The summed E-state index contributed by atoms with van der Waals surface area (Å²) in [5.74, 6) is -0.570. The van der Waals surface area contributed by atoms with Crippen LogP contribution in [0.3, 0.4) is 0 Å². The monoisotopic (exact) mass is 183 g/mol. The molecule has 1 fully saturated rings. The van der Waals surface area contributed by atoms with Crippen molar-refractivity contribution in [1.29, 1.82) is 0 Å². The van der Waals surface area contributed by atoms with Crippen LogP contribution >= 0.6 is 0 Å². The summed E-state index contributed by atoms with van der Waals surface area (Å²) in [6.45, 7) is 4.05. The number of esters is 1. The standard InChI is InChI=1S/C9H13NO3/c1-6(2)5-8(11)10-7-3-4-13-9(7)12/h5,7H,3-4H2,1-2H3,(H,10,11)/t7-/m0/s1. The molecule has 0 aromatic carbocycles. The first-order valence-electron chi connectivity index (χ1n) is 4.21. The molecule has 4 nitrogen and oxygen atoms in total. The molecule has 1 atom stereocenters. The summed E-state index contributed by atoms with van der Waals surface area (Å²) in [5.41, 5.74) is 0.906. The fraction of sp³-hybridized carbons (Fsp3) is 0.556. The summed E-state index contributed by atoms with van der Waals surface area (Å²) >= 11 is 0. The summed E-state index contributed by atoms with van der Waals surface area (Å²) in [5, 5.41) is 2.57. The van der Waals surface area contributed by atoms with E-state index in [1.807, 2.05) is 13.8 Å². The molecule has 4 heteroatoms. The van der Waals surface area contributed by atoms with Crippen molar-refractivity contribution in [2.45, 2.75) is 26.3 Å². The first kappa shape index (κ1) is 9.77. The van der Waals surface area contributed by atoms with Crippen molar-refractivity contribution in [2.75, 3.05) is 6.61 Å². The van der Waals surface area contributed by atoms with Crippen molar-refractivity contribution >= 4 is 11.9 Å². The minimum atomic E-state index is -0.455. The fourth-order valence-corrected chi connectivity index (χ4v) is 1.10. The number of hydrogen-bond acceptors (Lipinski definition) is 3. The lowest BCUT2D eigenvalue weighted by molar-refractivity contribution is -0.140. The van der Waals surface area contributed by atoms with Gasteiger partial charge in [-0.05, 0) is 13.8 Å². The zero-order chi connectivity index (χ0) is 9.84. The molecule has 0 radical (unpaired) electrons. The Kier molecular flexibility index (Phi) is 3.06. The van der Waals surface area contributed by atoms with Gasteiger partial charge < -0.3 is 10.1 Å². The minimum absolute atomic E-state index is 0.233. The van der Waals surface area contributed by atoms with E-state index in [4.69, 9.17) is 4.74 Å². The Balaban J connectivity index is 2.44. The lowest BCUT2D eigenvalue weighted by Gasteiger charge is -2.05. The Morgan fingerprint density at radius 1 is 1.62 bits per heavy atom. The third-order valence-electron chi connectivity index (χ3n) is 1.67. The van der Waals surface area contributed by atoms with Crippen molar-refractivity contribution < 1.29 is 14.3 Å². The van der Waals surface area contributed by atoms with Gasteiger partial charge in [0.15, 0.2) is 0 Å². The SMILES string of the molecule is CC(C)=CC(=O)N[C@H]1CCOC1=O. The zero-order valence-electron chi connectivity index (χ0n) is 7.79. The Morgan fingerprint density at radius 2 is 2.31 bits per heavy atom. The van der Waals surface area contributed by atoms with E-state index in [0.717, 1.165) is 5.57 Å². The Morgan fingerprint density at radius 3 is 2.77 bits per heavy atom. The van der Waals surface area contributed by atoms with Gasteiger partial charge in [-0.15, -0.1) is 0 Å². The first-order valence-corrected chi connectivity index (χ1v) is 4.21. The largest absolute Gasteiger partial charge is 0.464 e. The van der Waals surface area contributed by atoms with Crippen LogP contribution in [0.4, 0.5) is 0 Å². The van der Waals surface area contributed by atoms with E-state index < -0.39 is 6.04 Å². The van der Waals surface area contributed by atoms with Gasteiger partial charge >= 0.3 is 5.97 Å². The van der Waals surface area contributed by atoms with Gasteiger partial charge in [0, 0.05) is 12.5 Å². The average Bonchev–Trinajstić information content (AvgIpc) is 2.34. The topological polar surface area (TPSA) is 55.4 Å². The lowest BCUT2D eigenvalue weighted by Crippen LogP contribution is -2.36. The molecule has 1 amide bonds. The highest BCUT2D eigenvalue weighted by molar-refractivity contribution is 5.92. The smallest absolute Gasteiger partial charge is 0.328 e. The third kappa shape index (κ3) is 2.89. The summed E-state index contributed by atoms with van der Waals surface area (Å²) in [7, 11) is 0. The Bertz CT molecular complexity index is 254. The first-order chi connectivity index (χ1) is 6.09. The van der Waals surface area contributed by atoms with E-state index in [1.54, 1.807) is 0 Å². The number of carbonyl (C=O) groups excluding carboxylic acids is 2. The van der Waals surface area contributed by atoms with Crippen LogP contribution in [0.5, 0.6) is 0 Å². The summed E-state index contributed by atoms with van der Waals surface area (Å²) in [6.07, 6.45) is 2.03. The number of amides is 1. The van der Waals surface area contributed by atoms with Crippen LogP contribution in [0, 0.1) is 0 Å². The maximum Gasteiger partial charge on any atom is 0.328 e. The van der Waals surface area contributed by atoms with Gasteiger partial charge in [0.1, 0.15) is 6.04 Å². The average molecular weight is 183 g/mol. The van der Waals surface area contributed by atoms with E-state index >= 15 is 0 Å². The second-order valence-corrected chi connectivity index (χ2v) is 3.24. The maximum absolute atomic E-state index is 11.2. The van der Waals surface area contributed by atoms with Crippen LogP contribution in [-0.2, 0) is 14.3 Å². The highest BCUT2D eigenvalue weighted by Crippen LogP contribution is 2.05. The van der Waals surface area contributed by atoms with Gasteiger partial charge in [0.25, 0.3) is 0 Å². The van der Waals surface area contributed by atoms with E-state index in [2.05, 4.69) is 5.32 Å². The molecule has 1 heterocycles. The van der Waals surface area contributed by atoms with Gasteiger partial charge in [0.2, 0.25) is 5.91 Å². The molecule has 13 heavy (non-hydrogen) atoms. The van der Waals surface area contributed by atoms with Crippen LogP contribution in [0.15, 0.2) is 11.6 Å². The Hall–Kier alpha value is -1.32. The molecule has 0 saturated carbocycles. The number of ether oxygens (including phenoxy) is 1. The number of hydrogen-bond donors (Lipinski definition) is 1. The van der Waals surface area contributed by atoms with E-state index in [1.165, 1.54) is 6.08 Å². The van der Waals surface area contributed by atoms with Crippen molar-refractivity contribution in [3.05, 3.63) is 11.6 Å². The van der Waals surface area contributed by atoms with Gasteiger partial charge in [-0.3, -0.25) is 4.79 Å². The van der Waals surface area contributed by atoms with Crippen LogP contribution in [0.25, 0.3) is 0 Å². The number of allylic oxidation sites excluding steroid dienone is 1. The molecule has 0 aliphatic carbocycles. The third-order valence-corrected chi connectivity index (χ3v) is 1.67. The van der Waals surface area contributed by atoms with Crippen molar-refractivity contribution in [1.82, 2.24) is 5.32 Å². The predicted octanol–water partition coefficient (Wildman–Crippen LogP) is 0.384. The van der Waals surface area contributed by atoms with Gasteiger partial charge in [-0.2, -0.15) is 0 Å². The van der Waals surface area contributed by atoms with Crippen LogP contribution in [0.2, 0.25) is 0 Å². The highest BCUT2D eigenvalue weighted by Gasteiger charge is 2.27. The summed E-state index contributed by atoms with van der Waals surface area (Å²) in [4.78, 5) is 22.1. The molecule has 0 spiro atoms. The minimum Gasteiger partial charge on any atom is -0.464 e. The molecular weight excluding hydrogens is 170 g/mol. The number of nitrogens with one attached hydrogen (secondary N) is 1. The molecule has 0 bridgehead atoms. The molecular formula is C9H13NO3. The maximum atomic E-state index is 11.2. The molecule has 0 aromatic rings. The predicted molar refractivity (Wildman–Crippen MR) is 46.9 cm³/mol. The van der Waals surface area contributed by atoms with Gasteiger partial charge in [-0.1, -0.05) is 5.57 Å². The van der Waals surface area contributed by atoms with Crippen molar-refractivity contribution in [3.63, 3.8) is 0 Å². The highest BCUT2D eigenvalue weighted by atomic mass is 16.5. The van der Waals surface area contributed by atoms with Crippen molar-refractivity contribution in [2.24, 2.45) is 0 Å². The van der Waals surface area contributed by atoms with Crippen molar-refractivity contribution in [3.8, 4) is 0 Å². The fourth-order valence-electron chi connectivity index (χ4n) is 1.10. The van der Waals surface area contributed by atoms with E-state index in [-0.39, 0.29) is 11.9 Å². The van der Waals surface area contributed by atoms with Crippen LogP contribution in [-0.4, -0.2) is 24.5 Å².